The highest BCUT2D eigenvalue weighted by Gasteiger charge is 2.13. The number of methoxy groups -OCH3 is 1. The molecule has 2 aromatic heterocycles. The van der Waals surface area contributed by atoms with Crippen molar-refractivity contribution in [3.8, 4) is 5.95 Å². The molecule has 0 saturated carbocycles. The minimum absolute atomic E-state index is 0.0490. The van der Waals surface area contributed by atoms with Crippen LogP contribution in [0.5, 0.6) is 0 Å². The summed E-state index contributed by atoms with van der Waals surface area (Å²) in [4.78, 5) is 33.0. The Hall–Kier alpha value is -2.84. The molecule has 0 aromatic carbocycles. The number of aromatic nitrogens is 5. The van der Waals surface area contributed by atoms with E-state index in [0.717, 1.165) is 17.1 Å². The standard InChI is InChI=1S/C9H7N5O4/c1-18-8(17)6-12-4-14(13-6)9-10-2-5(3-11-9)7(15)16/h2-4H,1H3,(H,15,16). The average Bonchev–Trinajstić information content (AvgIpc) is 2.87. The van der Waals surface area contributed by atoms with Crippen LogP contribution in [0.15, 0.2) is 18.7 Å². The van der Waals surface area contributed by atoms with Gasteiger partial charge in [-0.1, -0.05) is 0 Å². The van der Waals surface area contributed by atoms with Gasteiger partial charge in [-0.05, 0) is 0 Å². The Morgan fingerprint density at radius 3 is 2.50 bits per heavy atom. The molecule has 1 N–H and O–H groups in total. The molecule has 0 aliphatic rings. The fourth-order valence-electron chi connectivity index (χ4n) is 1.09. The van der Waals surface area contributed by atoms with Crippen molar-refractivity contribution in [2.24, 2.45) is 0 Å². The lowest BCUT2D eigenvalue weighted by Gasteiger charge is -1.98. The lowest BCUT2D eigenvalue weighted by molar-refractivity contribution is 0.0586. The molecule has 92 valence electrons. The predicted octanol–water partition coefficient (Wildman–Crippen LogP) is -0.458. The maximum atomic E-state index is 11.1. The van der Waals surface area contributed by atoms with Crippen molar-refractivity contribution in [2.75, 3.05) is 7.11 Å². The summed E-state index contributed by atoms with van der Waals surface area (Å²) < 4.78 is 5.58. The van der Waals surface area contributed by atoms with Gasteiger partial charge in [0.2, 0.25) is 0 Å². The van der Waals surface area contributed by atoms with Crippen molar-refractivity contribution in [3.63, 3.8) is 0 Å². The Bertz CT molecular complexity index is 591. The number of hydrogen-bond donors (Lipinski definition) is 1. The molecule has 0 aliphatic carbocycles. The smallest absolute Gasteiger partial charge is 0.377 e. The van der Waals surface area contributed by atoms with Crippen molar-refractivity contribution in [2.45, 2.75) is 0 Å². The molecule has 9 heteroatoms. The van der Waals surface area contributed by atoms with Crippen LogP contribution in [-0.2, 0) is 4.74 Å². The Kier molecular flexibility index (Phi) is 2.96. The van der Waals surface area contributed by atoms with E-state index in [4.69, 9.17) is 5.11 Å². The normalized spacial score (nSPS) is 10.1. The summed E-state index contributed by atoms with van der Waals surface area (Å²) in [5, 5.41) is 12.5. The van der Waals surface area contributed by atoms with Gasteiger partial charge in [-0.25, -0.2) is 24.5 Å². The zero-order valence-corrected chi connectivity index (χ0v) is 9.14. The summed E-state index contributed by atoms with van der Waals surface area (Å²) >= 11 is 0. The SMILES string of the molecule is COC(=O)c1ncn(-c2ncc(C(=O)O)cn2)n1. The van der Waals surface area contributed by atoms with Gasteiger partial charge in [0.05, 0.1) is 12.7 Å². The van der Waals surface area contributed by atoms with Crippen LogP contribution in [0.2, 0.25) is 0 Å². The third-order valence-electron chi connectivity index (χ3n) is 1.95. The number of carbonyl (C=O) groups excluding carboxylic acids is 1. The fourth-order valence-corrected chi connectivity index (χ4v) is 1.09. The summed E-state index contributed by atoms with van der Waals surface area (Å²) in [6.45, 7) is 0. The molecule has 0 atom stereocenters. The number of carbonyl (C=O) groups is 2. The van der Waals surface area contributed by atoms with E-state index in [1.54, 1.807) is 0 Å². The first-order chi connectivity index (χ1) is 8.61. The monoisotopic (exact) mass is 249 g/mol. The van der Waals surface area contributed by atoms with Crippen LogP contribution in [-0.4, -0.2) is 48.9 Å². The van der Waals surface area contributed by atoms with Gasteiger partial charge in [0, 0.05) is 12.4 Å². The van der Waals surface area contributed by atoms with E-state index in [1.165, 1.54) is 13.4 Å². The largest absolute Gasteiger partial charge is 0.478 e. The van der Waals surface area contributed by atoms with E-state index in [0.29, 0.717) is 0 Å². The third-order valence-corrected chi connectivity index (χ3v) is 1.95. The zero-order valence-electron chi connectivity index (χ0n) is 9.14. The molecule has 0 radical (unpaired) electrons. The summed E-state index contributed by atoms with van der Waals surface area (Å²) in [7, 11) is 1.21. The summed E-state index contributed by atoms with van der Waals surface area (Å²) in [5.74, 6) is -1.85. The lowest BCUT2D eigenvalue weighted by Crippen LogP contribution is -2.07. The van der Waals surface area contributed by atoms with Crippen molar-refractivity contribution >= 4 is 11.9 Å². The van der Waals surface area contributed by atoms with Crippen LogP contribution < -0.4 is 0 Å². The number of carboxylic acid groups (broad SMARTS) is 1. The Morgan fingerprint density at radius 2 is 1.94 bits per heavy atom. The number of aromatic carboxylic acids is 1. The molecule has 2 aromatic rings. The van der Waals surface area contributed by atoms with Gasteiger partial charge in [-0.2, -0.15) is 4.68 Å². The second-order valence-electron chi connectivity index (χ2n) is 3.08. The number of esters is 1. The van der Waals surface area contributed by atoms with Gasteiger partial charge in [0.25, 0.3) is 11.8 Å². The number of hydrogen-bond acceptors (Lipinski definition) is 7. The van der Waals surface area contributed by atoms with Crippen LogP contribution in [0.1, 0.15) is 21.0 Å². The molecule has 0 bridgehead atoms. The molecule has 0 aliphatic heterocycles. The molecule has 0 fully saturated rings. The predicted molar refractivity (Wildman–Crippen MR) is 55.2 cm³/mol. The van der Waals surface area contributed by atoms with Crippen molar-refractivity contribution in [1.29, 1.82) is 0 Å². The quantitative estimate of drug-likeness (QED) is 0.725. The summed E-state index contributed by atoms with van der Waals surface area (Å²) in [6.07, 6.45) is 3.48. The van der Waals surface area contributed by atoms with E-state index in [1.807, 2.05) is 0 Å². The van der Waals surface area contributed by atoms with Crippen LogP contribution in [0.3, 0.4) is 0 Å². The molecule has 0 unspecified atom stereocenters. The minimum atomic E-state index is -1.13. The van der Waals surface area contributed by atoms with Crippen molar-refractivity contribution < 1.29 is 19.4 Å². The van der Waals surface area contributed by atoms with Gasteiger partial charge in [-0.15, -0.1) is 5.10 Å². The molecule has 2 heterocycles. The fraction of sp³-hybridized carbons (Fsp3) is 0.111. The van der Waals surface area contributed by atoms with E-state index in [-0.39, 0.29) is 17.3 Å². The Balaban J connectivity index is 2.29. The first-order valence-corrected chi connectivity index (χ1v) is 4.67. The number of nitrogens with zero attached hydrogens (tertiary/aromatic N) is 5. The van der Waals surface area contributed by atoms with Gasteiger partial charge >= 0.3 is 11.9 Å². The Morgan fingerprint density at radius 1 is 1.28 bits per heavy atom. The highest BCUT2D eigenvalue weighted by molar-refractivity contribution is 5.86. The van der Waals surface area contributed by atoms with Crippen LogP contribution in [0, 0.1) is 0 Å². The molecule has 9 nitrogen and oxygen atoms in total. The highest BCUT2D eigenvalue weighted by atomic mass is 16.5. The van der Waals surface area contributed by atoms with Crippen molar-refractivity contribution in [1.82, 2.24) is 24.7 Å². The van der Waals surface area contributed by atoms with Gasteiger partial charge in [0.1, 0.15) is 6.33 Å². The average molecular weight is 249 g/mol. The van der Waals surface area contributed by atoms with Gasteiger partial charge in [-0.3, -0.25) is 0 Å². The third kappa shape index (κ3) is 2.14. The van der Waals surface area contributed by atoms with E-state index in [2.05, 4.69) is 24.8 Å². The number of carboxylic acids is 1. The van der Waals surface area contributed by atoms with Crippen LogP contribution in [0.4, 0.5) is 0 Å². The maximum absolute atomic E-state index is 11.1. The van der Waals surface area contributed by atoms with Gasteiger partial charge < -0.3 is 9.84 Å². The topological polar surface area (TPSA) is 120 Å². The van der Waals surface area contributed by atoms with E-state index < -0.39 is 11.9 Å². The van der Waals surface area contributed by atoms with Gasteiger partial charge in [0.15, 0.2) is 0 Å². The first kappa shape index (κ1) is 11.6. The first-order valence-electron chi connectivity index (χ1n) is 4.67. The maximum Gasteiger partial charge on any atom is 0.377 e. The second kappa shape index (κ2) is 4.57. The summed E-state index contributed by atoms with van der Waals surface area (Å²) in [6, 6.07) is 0. The van der Waals surface area contributed by atoms with E-state index in [9.17, 15) is 9.59 Å². The molecule has 2 rings (SSSR count). The second-order valence-corrected chi connectivity index (χ2v) is 3.08. The minimum Gasteiger partial charge on any atom is -0.478 e. The van der Waals surface area contributed by atoms with Crippen molar-refractivity contribution in [3.05, 3.63) is 30.1 Å². The molecule has 0 spiro atoms. The van der Waals surface area contributed by atoms with E-state index >= 15 is 0 Å². The van der Waals surface area contributed by atoms with Crippen LogP contribution >= 0.6 is 0 Å². The molecule has 18 heavy (non-hydrogen) atoms. The molecular weight excluding hydrogens is 242 g/mol. The summed E-state index contributed by atoms with van der Waals surface area (Å²) in [5.41, 5.74) is -0.0490. The Labute approximate surface area is 100 Å². The highest BCUT2D eigenvalue weighted by Crippen LogP contribution is 2.01. The number of ether oxygens (including phenoxy) is 1. The molecular formula is C9H7N5O4. The molecule has 0 saturated heterocycles. The zero-order chi connectivity index (χ0) is 13.1. The molecule has 0 amide bonds. The lowest BCUT2D eigenvalue weighted by atomic mass is 10.4. The number of rotatable bonds is 3. The van der Waals surface area contributed by atoms with Crippen LogP contribution in [0.25, 0.3) is 5.95 Å².